The number of likely N-dealkylation sites (tertiary alicyclic amines) is 1. The first kappa shape index (κ1) is 14.9. The maximum absolute atomic E-state index is 12.1. The lowest BCUT2D eigenvalue weighted by molar-refractivity contribution is -0.145. The number of esters is 1. The summed E-state index contributed by atoms with van der Waals surface area (Å²) in [5.74, 6) is 0.678. The Balaban J connectivity index is 1.48. The van der Waals surface area contributed by atoms with E-state index >= 15 is 0 Å². The molecule has 5 heteroatoms. The van der Waals surface area contributed by atoms with Crippen LogP contribution < -0.4 is 0 Å². The van der Waals surface area contributed by atoms with Gasteiger partial charge in [0.25, 0.3) is 0 Å². The Hall–Kier alpha value is -2.04. The zero-order valence-corrected chi connectivity index (χ0v) is 12.7. The van der Waals surface area contributed by atoms with Crippen molar-refractivity contribution in [3.8, 4) is 0 Å². The number of rotatable bonds is 3. The number of carbonyl (C=O) groups is 2. The summed E-state index contributed by atoms with van der Waals surface area (Å²) in [7, 11) is 1.43. The van der Waals surface area contributed by atoms with Gasteiger partial charge in [-0.05, 0) is 30.2 Å². The summed E-state index contributed by atoms with van der Waals surface area (Å²) in [6.45, 7) is 1.67. The minimum Gasteiger partial charge on any atom is -0.469 e. The van der Waals surface area contributed by atoms with Crippen LogP contribution >= 0.6 is 0 Å². The van der Waals surface area contributed by atoms with Crippen LogP contribution in [0.3, 0.4) is 0 Å². The fourth-order valence-corrected chi connectivity index (χ4v) is 3.62. The summed E-state index contributed by atoms with van der Waals surface area (Å²) >= 11 is 0. The van der Waals surface area contributed by atoms with Gasteiger partial charge in [-0.25, -0.2) is 4.79 Å². The third kappa shape index (κ3) is 3.08. The van der Waals surface area contributed by atoms with Gasteiger partial charge >= 0.3 is 12.1 Å². The molecule has 0 bridgehead atoms. The Labute approximate surface area is 130 Å². The van der Waals surface area contributed by atoms with Crippen LogP contribution in [0.1, 0.15) is 18.4 Å². The lowest BCUT2D eigenvalue weighted by Gasteiger charge is -2.18. The van der Waals surface area contributed by atoms with Crippen molar-refractivity contribution in [3.05, 3.63) is 35.9 Å². The molecule has 1 saturated heterocycles. The van der Waals surface area contributed by atoms with E-state index in [1.54, 1.807) is 4.90 Å². The van der Waals surface area contributed by atoms with Gasteiger partial charge in [0, 0.05) is 13.1 Å². The molecule has 0 N–H and O–H groups in total. The van der Waals surface area contributed by atoms with Gasteiger partial charge in [0.15, 0.2) is 0 Å². The summed E-state index contributed by atoms with van der Waals surface area (Å²) < 4.78 is 10.2. The average molecular weight is 303 g/mol. The summed E-state index contributed by atoms with van der Waals surface area (Å²) in [6.07, 6.45) is 1.38. The van der Waals surface area contributed by atoms with Gasteiger partial charge < -0.3 is 14.4 Å². The molecule has 1 unspecified atom stereocenters. The molecule has 118 valence electrons. The highest BCUT2D eigenvalue weighted by molar-refractivity contribution is 5.73. The number of carbonyl (C=O) groups excluding carboxylic acids is 2. The number of fused-ring (bicyclic) bond motifs is 1. The third-order valence-corrected chi connectivity index (χ3v) is 4.75. The van der Waals surface area contributed by atoms with Gasteiger partial charge in [-0.1, -0.05) is 30.3 Å². The first-order valence-corrected chi connectivity index (χ1v) is 7.71. The summed E-state index contributed by atoms with van der Waals surface area (Å²) in [6, 6.07) is 9.66. The van der Waals surface area contributed by atoms with Gasteiger partial charge in [-0.15, -0.1) is 0 Å². The van der Waals surface area contributed by atoms with Crippen molar-refractivity contribution in [1.29, 1.82) is 0 Å². The van der Waals surface area contributed by atoms with Crippen molar-refractivity contribution >= 4 is 12.1 Å². The maximum Gasteiger partial charge on any atom is 0.410 e. The van der Waals surface area contributed by atoms with Gasteiger partial charge in [-0.2, -0.15) is 0 Å². The molecule has 1 amide bonds. The second-order valence-corrected chi connectivity index (χ2v) is 6.16. The number of amides is 1. The number of benzene rings is 1. The second-order valence-electron chi connectivity index (χ2n) is 6.16. The Morgan fingerprint density at radius 1 is 1.14 bits per heavy atom. The van der Waals surface area contributed by atoms with E-state index < -0.39 is 0 Å². The number of methoxy groups -OCH3 is 1. The van der Waals surface area contributed by atoms with E-state index in [9.17, 15) is 9.59 Å². The molecule has 3 rings (SSSR count). The van der Waals surface area contributed by atoms with Crippen LogP contribution in [0.5, 0.6) is 0 Å². The second kappa shape index (κ2) is 6.38. The van der Waals surface area contributed by atoms with Crippen LogP contribution in [0, 0.1) is 17.8 Å². The summed E-state index contributed by atoms with van der Waals surface area (Å²) in [5, 5.41) is 0. The molecule has 2 fully saturated rings. The van der Waals surface area contributed by atoms with Gasteiger partial charge in [-0.3, -0.25) is 4.79 Å². The van der Waals surface area contributed by atoms with Crippen LogP contribution in [0.25, 0.3) is 0 Å². The number of hydrogen-bond acceptors (Lipinski definition) is 4. The van der Waals surface area contributed by atoms with E-state index in [2.05, 4.69) is 0 Å². The van der Waals surface area contributed by atoms with Gasteiger partial charge in [0.2, 0.25) is 0 Å². The van der Waals surface area contributed by atoms with E-state index in [1.807, 2.05) is 30.3 Å². The normalized spacial score (nSPS) is 26.6. The smallest absolute Gasteiger partial charge is 0.410 e. The Morgan fingerprint density at radius 2 is 1.77 bits per heavy atom. The molecule has 1 aliphatic carbocycles. The molecule has 0 radical (unpaired) electrons. The summed E-state index contributed by atoms with van der Waals surface area (Å²) in [4.78, 5) is 25.5. The molecule has 22 heavy (non-hydrogen) atoms. The topological polar surface area (TPSA) is 55.8 Å². The van der Waals surface area contributed by atoms with Gasteiger partial charge in [0.1, 0.15) is 6.61 Å². The van der Waals surface area contributed by atoms with E-state index in [4.69, 9.17) is 9.47 Å². The van der Waals surface area contributed by atoms with Crippen molar-refractivity contribution in [1.82, 2.24) is 4.90 Å². The molecule has 1 saturated carbocycles. The summed E-state index contributed by atoms with van der Waals surface area (Å²) in [5.41, 5.74) is 0.987. The lowest BCUT2D eigenvalue weighted by Crippen LogP contribution is -2.31. The van der Waals surface area contributed by atoms with E-state index in [0.717, 1.165) is 18.4 Å². The van der Waals surface area contributed by atoms with E-state index in [1.165, 1.54) is 7.11 Å². The third-order valence-electron chi connectivity index (χ3n) is 4.75. The highest BCUT2D eigenvalue weighted by Gasteiger charge is 2.45. The molecule has 1 heterocycles. The SMILES string of the molecule is COC(=O)C1C[C@@H]2CN(C(=O)OCc3ccccc3)C[C@@H]2C1. The van der Waals surface area contributed by atoms with E-state index in [-0.39, 0.29) is 18.0 Å². The van der Waals surface area contributed by atoms with Crippen molar-refractivity contribution in [2.75, 3.05) is 20.2 Å². The molecule has 0 aromatic heterocycles. The first-order valence-electron chi connectivity index (χ1n) is 7.71. The number of ether oxygens (including phenoxy) is 2. The molecule has 5 nitrogen and oxygen atoms in total. The quantitative estimate of drug-likeness (QED) is 0.805. The Morgan fingerprint density at radius 3 is 2.36 bits per heavy atom. The van der Waals surface area contributed by atoms with Crippen molar-refractivity contribution in [3.63, 3.8) is 0 Å². The van der Waals surface area contributed by atoms with Crippen LogP contribution in [0.15, 0.2) is 30.3 Å². The van der Waals surface area contributed by atoms with Crippen LogP contribution in [0.4, 0.5) is 4.79 Å². The highest BCUT2D eigenvalue weighted by Crippen LogP contribution is 2.42. The molecular weight excluding hydrogens is 282 g/mol. The molecule has 1 aliphatic heterocycles. The molecule has 2 aliphatic rings. The van der Waals surface area contributed by atoms with Crippen LogP contribution in [0.2, 0.25) is 0 Å². The fourth-order valence-electron chi connectivity index (χ4n) is 3.62. The molecule has 3 atom stereocenters. The molecule has 1 aromatic rings. The zero-order valence-electron chi connectivity index (χ0n) is 12.7. The number of hydrogen-bond donors (Lipinski definition) is 0. The number of nitrogens with zero attached hydrogens (tertiary/aromatic N) is 1. The Bertz CT molecular complexity index is 531. The van der Waals surface area contributed by atoms with Gasteiger partial charge in [0.05, 0.1) is 13.0 Å². The van der Waals surface area contributed by atoms with Crippen LogP contribution in [-0.4, -0.2) is 37.2 Å². The molecular formula is C17H21NO4. The van der Waals surface area contributed by atoms with E-state index in [0.29, 0.717) is 31.5 Å². The average Bonchev–Trinajstić information content (AvgIpc) is 3.11. The Kier molecular flexibility index (Phi) is 4.32. The van der Waals surface area contributed by atoms with Crippen molar-refractivity contribution < 1.29 is 19.1 Å². The molecule has 1 aromatic carbocycles. The molecule has 0 spiro atoms. The highest BCUT2D eigenvalue weighted by atomic mass is 16.6. The standard InChI is InChI=1S/C17H21NO4/c1-21-16(19)13-7-14-9-18(10-15(14)8-13)17(20)22-11-12-5-3-2-4-6-12/h2-6,13-15H,7-11H2,1H3/t13?,14-,15+. The fraction of sp³-hybridized carbons (Fsp3) is 0.529. The van der Waals surface area contributed by atoms with Crippen molar-refractivity contribution in [2.24, 2.45) is 17.8 Å². The first-order chi connectivity index (χ1) is 10.7. The minimum atomic E-state index is -0.257. The van der Waals surface area contributed by atoms with Crippen molar-refractivity contribution in [2.45, 2.75) is 19.4 Å². The zero-order chi connectivity index (χ0) is 15.5. The predicted octanol–water partition coefficient (Wildman–Crippen LogP) is 2.45. The predicted molar refractivity (Wildman–Crippen MR) is 79.9 cm³/mol. The lowest BCUT2D eigenvalue weighted by atomic mass is 10.0. The monoisotopic (exact) mass is 303 g/mol. The largest absolute Gasteiger partial charge is 0.469 e. The van der Waals surface area contributed by atoms with Crippen LogP contribution in [-0.2, 0) is 20.9 Å². The maximum atomic E-state index is 12.1. The minimum absolute atomic E-state index is 0.00230.